The quantitative estimate of drug-likeness (QED) is 0.773. The zero-order valence-corrected chi connectivity index (χ0v) is 12.2. The van der Waals surface area contributed by atoms with Crippen molar-refractivity contribution in [3.05, 3.63) is 30.3 Å². The largest absolute Gasteiger partial charge is 0.350 e. The predicted octanol–water partition coefficient (Wildman–Crippen LogP) is 3.89. The highest BCUT2D eigenvalue weighted by Crippen LogP contribution is 2.24. The van der Waals surface area contributed by atoms with Crippen LogP contribution in [0, 0.1) is 5.92 Å². The van der Waals surface area contributed by atoms with E-state index in [1.54, 1.807) is 0 Å². The Labute approximate surface area is 114 Å². The minimum absolute atomic E-state index is 0.575. The van der Waals surface area contributed by atoms with Gasteiger partial charge in [-0.2, -0.15) is 0 Å². The van der Waals surface area contributed by atoms with E-state index in [9.17, 15) is 0 Å². The van der Waals surface area contributed by atoms with E-state index in [4.69, 9.17) is 0 Å². The summed E-state index contributed by atoms with van der Waals surface area (Å²) in [5, 5.41) is 6.05. The Hall–Kier alpha value is -0.930. The lowest BCUT2D eigenvalue weighted by molar-refractivity contribution is 0.510. The molecule has 98 valence electrons. The van der Waals surface area contributed by atoms with Gasteiger partial charge < -0.3 is 10.3 Å². The molecular formula is C15H22N2S. The normalized spacial score (nSPS) is 13.3. The van der Waals surface area contributed by atoms with Gasteiger partial charge in [-0.1, -0.05) is 39.0 Å². The van der Waals surface area contributed by atoms with Crippen LogP contribution in [0.25, 0.3) is 10.9 Å². The molecule has 0 bridgehead atoms. The number of thioether (sulfide) groups is 1. The fourth-order valence-corrected chi connectivity index (χ4v) is 2.83. The van der Waals surface area contributed by atoms with Crippen LogP contribution in [-0.2, 0) is 0 Å². The number of nitrogens with one attached hydrogen (secondary N) is 2. The summed E-state index contributed by atoms with van der Waals surface area (Å²) in [5.41, 5.74) is 1.23. The SMILES string of the molecule is CC(CNC(C)C)CSc1cc2ccccc2[nH]1. The molecule has 2 rings (SSSR count). The average Bonchev–Trinajstić information content (AvgIpc) is 2.76. The molecule has 1 heterocycles. The maximum absolute atomic E-state index is 3.48. The van der Waals surface area contributed by atoms with Gasteiger partial charge in [-0.15, -0.1) is 11.8 Å². The molecule has 0 spiro atoms. The Bertz CT molecular complexity index is 457. The molecule has 3 heteroatoms. The third-order valence-electron chi connectivity index (χ3n) is 2.90. The van der Waals surface area contributed by atoms with Crippen molar-refractivity contribution in [2.45, 2.75) is 31.8 Å². The van der Waals surface area contributed by atoms with Gasteiger partial charge >= 0.3 is 0 Å². The smallest absolute Gasteiger partial charge is 0.0732 e. The van der Waals surface area contributed by atoms with Crippen molar-refractivity contribution in [3.63, 3.8) is 0 Å². The van der Waals surface area contributed by atoms with Crippen molar-refractivity contribution in [1.82, 2.24) is 10.3 Å². The number of fused-ring (bicyclic) bond motifs is 1. The summed E-state index contributed by atoms with van der Waals surface area (Å²) in [6.07, 6.45) is 0. The molecule has 2 N–H and O–H groups in total. The van der Waals surface area contributed by atoms with E-state index < -0.39 is 0 Å². The lowest BCUT2D eigenvalue weighted by atomic mass is 10.2. The molecule has 0 saturated heterocycles. The Kier molecular flexibility index (Phi) is 4.72. The fourth-order valence-electron chi connectivity index (χ4n) is 1.85. The van der Waals surface area contributed by atoms with E-state index in [1.807, 2.05) is 11.8 Å². The third kappa shape index (κ3) is 3.79. The first-order valence-corrected chi connectivity index (χ1v) is 7.57. The van der Waals surface area contributed by atoms with E-state index in [0.717, 1.165) is 12.3 Å². The number of rotatable bonds is 6. The second-order valence-electron chi connectivity index (χ2n) is 5.20. The Morgan fingerprint density at radius 1 is 1.22 bits per heavy atom. The monoisotopic (exact) mass is 262 g/mol. The molecule has 0 aliphatic rings. The Balaban J connectivity index is 1.86. The molecule has 0 radical (unpaired) electrons. The number of para-hydroxylation sites is 1. The van der Waals surface area contributed by atoms with Crippen molar-refractivity contribution in [1.29, 1.82) is 0 Å². The number of hydrogen-bond donors (Lipinski definition) is 2. The zero-order chi connectivity index (χ0) is 13.0. The lowest BCUT2D eigenvalue weighted by Gasteiger charge is -2.13. The van der Waals surface area contributed by atoms with Gasteiger partial charge in [0.15, 0.2) is 0 Å². The first kappa shape index (κ1) is 13.5. The van der Waals surface area contributed by atoms with Gasteiger partial charge in [-0.05, 0) is 24.6 Å². The van der Waals surface area contributed by atoms with E-state index in [1.165, 1.54) is 15.9 Å². The van der Waals surface area contributed by atoms with Gasteiger partial charge in [0.05, 0.1) is 5.03 Å². The predicted molar refractivity (Wildman–Crippen MR) is 81.3 cm³/mol. The summed E-state index contributed by atoms with van der Waals surface area (Å²) in [6, 6.07) is 11.2. The van der Waals surface area contributed by atoms with E-state index in [0.29, 0.717) is 12.0 Å². The van der Waals surface area contributed by atoms with Gasteiger partial charge in [0.1, 0.15) is 0 Å². The number of benzene rings is 1. The molecule has 0 fully saturated rings. The average molecular weight is 262 g/mol. The molecule has 0 aliphatic carbocycles. The van der Waals surface area contributed by atoms with Gasteiger partial charge in [-0.25, -0.2) is 0 Å². The molecule has 0 aliphatic heterocycles. The first-order valence-electron chi connectivity index (χ1n) is 6.59. The molecule has 1 aromatic heterocycles. The molecule has 1 atom stereocenters. The number of H-pyrrole nitrogens is 1. The second-order valence-corrected chi connectivity index (χ2v) is 6.26. The Morgan fingerprint density at radius 3 is 2.72 bits per heavy atom. The van der Waals surface area contributed by atoms with Gasteiger partial charge in [0.25, 0.3) is 0 Å². The molecule has 18 heavy (non-hydrogen) atoms. The standard InChI is InChI=1S/C15H22N2S/c1-11(2)16-9-12(3)10-18-15-8-13-6-4-5-7-14(13)17-15/h4-8,11-12,16-17H,9-10H2,1-3H3. The fraction of sp³-hybridized carbons (Fsp3) is 0.467. The zero-order valence-electron chi connectivity index (χ0n) is 11.4. The maximum Gasteiger partial charge on any atom is 0.0732 e. The number of aromatic amines is 1. The molecule has 1 aromatic carbocycles. The van der Waals surface area contributed by atoms with Gasteiger partial charge in [0, 0.05) is 22.7 Å². The van der Waals surface area contributed by atoms with Gasteiger partial charge in [-0.3, -0.25) is 0 Å². The van der Waals surface area contributed by atoms with E-state index in [-0.39, 0.29) is 0 Å². The highest BCUT2D eigenvalue weighted by molar-refractivity contribution is 7.99. The van der Waals surface area contributed by atoms with Crippen molar-refractivity contribution in [2.75, 3.05) is 12.3 Å². The van der Waals surface area contributed by atoms with Crippen molar-refractivity contribution < 1.29 is 0 Å². The van der Waals surface area contributed by atoms with Crippen molar-refractivity contribution in [3.8, 4) is 0 Å². The summed E-state index contributed by atoms with van der Waals surface area (Å²) < 4.78 is 0. The molecule has 0 amide bonds. The van der Waals surface area contributed by atoms with E-state index >= 15 is 0 Å². The van der Waals surface area contributed by atoms with Gasteiger partial charge in [0.2, 0.25) is 0 Å². The van der Waals surface area contributed by atoms with Crippen molar-refractivity contribution >= 4 is 22.7 Å². The van der Waals surface area contributed by atoms with Crippen LogP contribution in [0.5, 0.6) is 0 Å². The van der Waals surface area contributed by atoms with Crippen LogP contribution in [0.3, 0.4) is 0 Å². The topological polar surface area (TPSA) is 27.8 Å². The van der Waals surface area contributed by atoms with Crippen molar-refractivity contribution in [2.24, 2.45) is 5.92 Å². The van der Waals surface area contributed by atoms with Crippen LogP contribution in [0.15, 0.2) is 35.4 Å². The van der Waals surface area contributed by atoms with E-state index in [2.05, 4.69) is 61.4 Å². The second kappa shape index (κ2) is 6.30. The molecule has 2 aromatic rings. The Morgan fingerprint density at radius 2 is 2.00 bits per heavy atom. The summed E-state index contributed by atoms with van der Waals surface area (Å²) in [7, 11) is 0. The minimum atomic E-state index is 0.575. The van der Waals surface area contributed by atoms with Crippen LogP contribution in [0.4, 0.5) is 0 Å². The van der Waals surface area contributed by atoms with Crippen LogP contribution in [-0.4, -0.2) is 23.3 Å². The summed E-state index contributed by atoms with van der Waals surface area (Å²) >= 11 is 1.91. The first-order chi connectivity index (χ1) is 8.65. The molecule has 2 nitrogen and oxygen atoms in total. The highest BCUT2D eigenvalue weighted by atomic mass is 32.2. The van der Waals surface area contributed by atoms with Crippen LogP contribution in [0.2, 0.25) is 0 Å². The maximum atomic E-state index is 3.48. The summed E-state index contributed by atoms with van der Waals surface area (Å²) in [5.74, 6) is 1.83. The minimum Gasteiger partial charge on any atom is -0.350 e. The molecule has 0 saturated carbocycles. The lowest BCUT2D eigenvalue weighted by Crippen LogP contribution is -2.28. The molecule has 1 unspecified atom stereocenters. The van der Waals surface area contributed by atoms with Crippen LogP contribution in [0.1, 0.15) is 20.8 Å². The third-order valence-corrected chi connectivity index (χ3v) is 4.17. The summed E-state index contributed by atoms with van der Waals surface area (Å²) in [4.78, 5) is 3.46. The van der Waals surface area contributed by atoms with Crippen LogP contribution >= 0.6 is 11.8 Å². The summed E-state index contributed by atoms with van der Waals surface area (Å²) in [6.45, 7) is 7.77. The number of aromatic nitrogens is 1. The van der Waals surface area contributed by atoms with Crippen LogP contribution < -0.4 is 5.32 Å². The highest BCUT2D eigenvalue weighted by Gasteiger charge is 2.06. The molecular weight excluding hydrogens is 240 g/mol. The number of hydrogen-bond acceptors (Lipinski definition) is 2.